The molecule has 0 aliphatic heterocycles. The average molecular weight is 333 g/mol. The number of anilines is 1. The summed E-state index contributed by atoms with van der Waals surface area (Å²) < 4.78 is 5.74. The predicted octanol–water partition coefficient (Wildman–Crippen LogP) is 4.09. The summed E-state index contributed by atoms with van der Waals surface area (Å²) in [7, 11) is 4.08. The van der Waals surface area contributed by atoms with Crippen LogP contribution in [-0.4, -0.2) is 27.2 Å². The summed E-state index contributed by atoms with van der Waals surface area (Å²) in [6.45, 7) is 3.16. The fraction of sp³-hybridized carbons (Fsp3) is 0.368. The van der Waals surface area contributed by atoms with Crippen LogP contribution in [0, 0.1) is 0 Å². The fourth-order valence-corrected chi connectivity index (χ4v) is 2.84. The highest BCUT2D eigenvalue weighted by Gasteiger charge is 2.16. The van der Waals surface area contributed by atoms with E-state index < -0.39 is 0 Å². The Morgan fingerprint density at radius 1 is 1.13 bits per heavy atom. The summed E-state index contributed by atoms with van der Waals surface area (Å²) in [5.74, 6) is 1.05. The molecule has 2 N–H and O–H groups in total. The van der Waals surface area contributed by atoms with Crippen LogP contribution < -0.4 is 15.4 Å². The molecular weight excluding hydrogens is 308 g/mol. The first-order chi connectivity index (χ1) is 11.0. The molecule has 0 radical (unpaired) electrons. The first-order valence-corrected chi connectivity index (χ1v) is 8.31. The number of ether oxygens (including phenoxy) is 1. The molecule has 0 spiro atoms. The van der Waals surface area contributed by atoms with Crippen molar-refractivity contribution in [1.29, 1.82) is 0 Å². The maximum atomic E-state index is 6.17. The van der Waals surface area contributed by atoms with E-state index >= 15 is 0 Å². The number of nitrogens with two attached hydrogens (primary N) is 1. The zero-order valence-electron chi connectivity index (χ0n) is 14.1. The van der Waals surface area contributed by atoms with Crippen molar-refractivity contribution in [3.63, 3.8) is 0 Å². The van der Waals surface area contributed by atoms with Crippen LogP contribution in [0.3, 0.4) is 0 Å². The van der Waals surface area contributed by atoms with Gasteiger partial charge in [-0.2, -0.15) is 0 Å². The minimum atomic E-state index is 0.181. The van der Waals surface area contributed by atoms with Crippen LogP contribution in [0.5, 0.6) is 5.75 Å². The number of hydrogen-bond acceptors (Lipinski definition) is 3. The van der Waals surface area contributed by atoms with Crippen LogP contribution in [0.15, 0.2) is 42.5 Å². The van der Waals surface area contributed by atoms with Crippen LogP contribution >= 0.6 is 11.6 Å². The third-order valence-electron chi connectivity index (χ3n) is 3.93. The molecule has 0 saturated heterocycles. The van der Waals surface area contributed by atoms with E-state index in [1.807, 2.05) is 39.2 Å². The standard InChI is InChI=1S/C19H25ClN2O/c1-4-23-19-10-7-16(20)12-18(19)15(13-21)11-14-5-8-17(9-6-14)22(2)3/h5-10,12,15H,4,11,13,21H2,1-3H3. The monoisotopic (exact) mass is 332 g/mol. The van der Waals surface area contributed by atoms with Crippen LogP contribution in [0.4, 0.5) is 5.69 Å². The molecule has 1 atom stereocenters. The Morgan fingerprint density at radius 2 is 1.83 bits per heavy atom. The summed E-state index contributed by atoms with van der Waals surface area (Å²) in [6.07, 6.45) is 0.866. The first kappa shape index (κ1) is 17.6. The molecule has 124 valence electrons. The molecule has 0 aliphatic rings. The molecule has 1 unspecified atom stereocenters. The van der Waals surface area contributed by atoms with Gasteiger partial charge in [0, 0.05) is 36.3 Å². The molecule has 0 aromatic heterocycles. The Labute approximate surface area is 144 Å². The highest BCUT2D eigenvalue weighted by Crippen LogP contribution is 2.32. The van der Waals surface area contributed by atoms with Crippen LogP contribution in [-0.2, 0) is 6.42 Å². The summed E-state index contributed by atoms with van der Waals surface area (Å²) in [4.78, 5) is 2.09. The largest absolute Gasteiger partial charge is 0.494 e. The van der Waals surface area contributed by atoms with Gasteiger partial charge in [0.05, 0.1) is 6.61 Å². The van der Waals surface area contributed by atoms with Gasteiger partial charge in [-0.1, -0.05) is 23.7 Å². The van der Waals surface area contributed by atoms with Gasteiger partial charge < -0.3 is 15.4 Å². The molecule has 2 aromatic rings. The van der Waals surface area contributed by atoms with Crippen molar-refractivity contribution >= 4 is 17.3 Å². The molecule has 3 nitrogen and oxygen atoms in total. The number of benzene rings is 2. The smallest absolute Gasteiger partial charge is 0.122 e. The van der Waals surface area contributed by atoms with Crippen molar-refractivity contribution in [2.24, 2.45) is 5.73 Å². The molecule has 0 aliphatic carbocycles. The predicted molar refractivity (Wildman–Crippen MR) is 98.9 cm³/mol. The van der Waals surface area contributed by atoms with Crippen LogP contribution in [0.1, 0.15) is 24.0 Å². The number of rotatable bonds is 7. The van der Waals surface area contributed by atoms with Gasteiger partial charge >= 0.3 is 0 Å². The summed E-state index contributed by atoms with van der Waals surface area (Å²) in [5.41, 5.74) is 9.57. The molecule has 0 saturated carbocycles. The summed E-state index contributed by atoms with van der Waals surface area (Å²) in [5, 5.41) is 0.713. The van der Waals surface area contributed by atoms with E-state index in [0.29, 0.717) is 18.2 Å². The highest BCUT2D eigenvalue weighted by atomic mass is 35.5. The van der Waals surface area contributed by atoms with E-state index in [9.17, 15) is 0 Å². The highest BCUT2D eigenvalue weighted by molar-refractivity contribution is 6.30. The Kier molecular flexibility index (Phi) is 6.31. The molecule has 23 heavy (non-hydrogen) atoms. The van der Waals surface area contributed by atoms with Crippen molar-refractivity contribution in [3.8, 4) is 5.75 Å². The Morgan fingerprint density at radius 3 is 2.39 bits per heavy atom. The average Bonchev–Trinajstić information content (AvgIpc) is 2.55. The van der Waals surface area contributed by atoms with Crippen molar-refractivity contribution in [2.75, 3.05) is 32.1 Å². The number of halogens is 1. The van der Waals surface area contributed by atoms with Crippen LogP contribution in [0.25, 0.3) is 0 Å². The lowest BCUT2D eigenvalue weighted by molar-refractivity contribution is 0.334. The Hall–Kier alpha value is -1.71. The quantitative estimate of drug-likeness (QED) is 0.830. The topological polar surface area (TPSA) is 38.5 Å². The molecule has 0 fully saturated rings. The first-order valence-electron chi connectivity index (χ1n) is 7.93. The maximum absolute atomic E-state index is 6.17. The molecule has 0 heterocycles. The van der Waals surface area contributed by atoms with Crippen LogP contribution in [0.2, 0.25) is 5.02 Å². The second-order valence-corrected chi connectivity index (χ2v) is 6.25. The van der Waals surface area contributed by atoms with E-state index in [2.05, 4.69) is 29.2 Å². The Balaban J connectivity index is 2.24. The van der Waals surface area contributed by atoms with Gasteiger partial charge in [-0.05, 0) is 55.8 Å². The molecule has 0 bridgehead atoms. The maximum Gasteiger partial charge on any atom is 0.122 e. The zero-order valence-corrected chi connectivity index (χ0v) is 14.8. The van der Waals surface area contributed by atoms with Gasteiger partial charge in [0.25, 0.3) is 0 Å². The van der Waals surface area contributed by atoms with E-state index in [1.54, 1.807) is 0 Å². The van der Waals surface area contributed by atoms with Gasteiger partial charge in [-0.15, -0.1) is 0 Å². The van der Waals surface area contributed by atoms with Crippen molar-refractivity contribution < 1.29 is 4.74 Å². The minimum absolute atomic E-state index is 0.181. The molecule has 2 rings (SSSR count). The normalized spacial score (nSPS) is 12.0. The lowest BCUT2D eigenvalue weighted by atomic mass is 9.91. The summed E-state index contributed by atoms with van der Waals surface area (Å²) >= 11 is 6.17. The Bertz CT molecular complexity index is 626. The number of hydrogen-bond donors (Lipinski definition) is 1. The van der Waals surface area contributed by atoms with Crippen molar-refractivity contribution in [1.82, 2.24) is 0 Å². The zero-order chi connectivity index (χ0) is 16.8. The van der Waals surface area contributed by atoms with E-state index in [1.165, 1.54) is 11.3 Å². The van der Waals surface area contributed by atoms with Gasteiger partial charge in [-0.3, -0.25) is 0 Å². The third kappa shape index (κ3) is 4.63. The fourth-order valence-electron chi connectivity index (χ4n) is 2.66. The molecule has 0 amide bonds. The molecular formula is C19H25ClN2O. The second-order valence-electron chi connectivity index (χ2n) is 5.81. The molecule has 2 aromatic carbocycles. The van der Waals surface area contributed by atoms with E-state index in [-0.39, 0.29) is 5.92 Å². The van der Waals surface area contributed by atoms with E-state index in [4.69, 9.17) is 22.1 Å². The summed E-state index contributed by atoms with van der Waals surface area (Å²) in [6, 6.07) is 14.3. The van der Waals surface area contributed by atoms with Gasteiger partial charge in [0.1, 0.15) is 5.75 Å². The third-order valence-corrected chi connectivity index (χ3v) is 4.17. The number of nitrogens with zero attached hydrogens (tertiary/aromatic N) is 1. The minimum Gasteiger partial charge on any atom is -0.494 e. The van der Waals surface area contributed by atoms with Crippen molar-refractivity contribution in [2.45, 2.75) is 19.3 Å². The lowest BCUT2D eigenvalue weighted by Crippen LogP contribution is -2.16. The van der Waals surface area contributed by atoms with Crippen molar-refractivity contribution in [3.05, 3.63) is 58.6 Å². The second kappa shape index (κ2) is 8.23. The lowest BCUT2D eigenvalue weighted by Gasteiger charge is -2.20. The SMILES string of the molecule is CCOc1ccc(Cl)cc1C(CN)Cc1ccc(N(C)C)cc1. The van der Waals surface area contributed by atoms with E-state index in [0.717, 1.165) is 17.7 Å². The van der Waals surface area contributed by atoms with Gasteiger partial charge in [0.15, 0.2) is 0 Å². The molecule has 4 heteroatoms. The van der Waals surface area contributed by atoms with Gasteiger partial charge in [-0.25, -0.2) is 0 Å². The van der Waals surface area contributed by atoms with Gasteiger partial charge in [0.2, 0.25) is 0 Å².